The average Bonchev–Trinajstić information content (AvgIpc) is 3.01. The van der Waals surface area contributed by atoms with Gasteiger partial charge in [0.05, 0.1) is 35.7 Å². The van der Waals surface area contributed by atoms with Crippen LogP contribution in [0.4, 0.5) is 0 Å². The van der Waals surface area contributed by atoms with E-state index in [-0.39, 0.29) is 36.5 Å². The number of hydrogen-bond acceptors (Lipinski definition) is 12. The molecule has 1 aromatic carbocycles. The Hall–Kier alpha value is -2.52. The highest BCUT2D eigenvalue weighted by Crippen LogP contribution is 2.63. The van der Waals surface area contributed by atoms with E-state index in [1.54, 1.807) is 45.9 Å². The molecule has 1 aliphatic heterocycles. The molecule has 14 nitrogen and oxygen atoms in total. The van der Waals surface area contributed by atoms with E-state index in [1.165, 1.54) is 19.1 Å². The maximum absolute atomic E-state index is 14.9. The van der Waals surface area contributed by atoms with Crippen LogP contribution >= 0.6 is 7.82 Å². The standard InChI is InChI=1S/C34H47O14P/c1-17(2)18(3)29(37)47-21-14-34(40)28(48-30(38)20-11-9-8-10-12-20)26-32(7,27(36)25(35)24(19(21)4)31(34,5)6)22(45-16-46-49(41,42)43)13-23-33(26,39)15-44-23/h8-12,17-18,21-23,25-26,28,35,39-40H,13-16H2,1-7H3,(H2,41,42,43)/t18-,21?,22?,23?,25?,26?,28?,32-,33+,34?/m1/s1. The molecular weight excluding hydrogens is 663 g/mol. The van der Waals surface area contributed by atoms with Crippen molar-refractivity contribution in [3.8, 4) is 0 Å². The number of Topliss-reactive ketones (excluding diaryl/α,β-unsaturated/α-hetero) is 1. The minimum atomic E-state index is -5.01. The van der Waals surface area contributed by atoms with Crippen molar-refractivity contribution in [3.05, 3.63) is 47.0 Å². The van der Waals surface area contributed by atoms with E-state index in [0.29, 0.717) is 5.57 Å². The Morgan fingerprint density at radius 3 is 2.24 bits per heavy atom. The lowest BCUT2D eigenvalue weighted by Gasteiger charge is -2.67. The molecule has 2 bridgehead atoms. The molecule has 5 N–H and O–H groups in total. The van der Waals surface area contributed by atoms with Gasteiger partial charge in [-0.3, -0.25) is 14.1 Å². The number of hydrogen-bond donors (Lipinski definition) is 5. The lowest BCUT2D eigenvalue weighted by molar-refractivity contribution is -0.349. The molecule has 0 amide bonds. The number of aliphatic hydroxyl groups excluding tert-OH is 1. The van der Waals surface area contributed by atoms with Gasteiger partial charge in [-0.05, 0) is 43.0 Å². The van der Waals surface area contributed by atoms with Crippen LogP contribution < -0.4 is 0 Å². The van der Waals surface area contributed by atoms with Gasteiger partial charge in [0.2, 0.25) is 0 Å². The predicted molar refractivity (Wildman–Crippen MR) is 170 cm³/mol. The molecule has 7 unspecified atom stereocenters. The topological polar surface area (TPSA) is 216 Å². The van der Waals surface area contributed by atoms with Crippen molar-refractivity contribution < 1.29 is 67.5 Å². The first-order chi connectivity index (χ1) is 22.6. The monoisotopic (exact) mass is 710 g/mol. The summed E-state index contributed by atoms with van der Waals surface area (Å²) in [5.41, 5.74) is -7.11. The molecular formula is C34H47O14P. The van der Waals surface area contributed by atoms with Crippen LogP contribution in [-0.4, -0.2) is 98.0 Å². The summed E-state index contributed by atoms with van der Waals surface area (Å²) in [7, 11) is -5.01. The van der Waals surface area contributed by atoms with Crippen LogP contribution in [0.15, 0.2) is 41.5 Å². The maximum atomic E-state index is 14.9. The minimum absolute atomic E-state index is 0.0471. The Morgan fingerprint density at radius 2 is 1.69 bits per heavy atom. The largest absolute Gasteiger partial charge is 0.471 e. The van der Waals surface area contributed by atoms with Gasteiger partial charge in [-0.2, -0.15) is 0 Å². The lowest BCUT2D eigenvalue weighted by atomic mass is 9.44. The summed E-state index contributed by atoms with van der Waals surface area (Å²) in [6.45, 7) is 10.3. The lowest BCUT2D eigenvalue weighted by Crippen LogP contribution is -2.81. The molecule has 3 aliphatic carbocycles. The maximum Gasteiger partial charge on any atom is 0.471 e. The van der Waals surface area contributed by atoms with Crippen molar-refractivity contribution >= 4 is 25.5 Å². The number of esters is 2. The van der Waals surface area contributed by atoms with Crippen molar-refractivity contribution in [2.75, 3.05) is 13.4 Å². The molecule has 5 rings (SSSR count). The van der Waals surface area contributed by atoms with Crippen LogP contribution in [-0.2, 0) is 37.6 Å². The molecule has 272 valence electrons. The van der Waals surface area contributed by atoms with E-state index in [2.05, 4.69) is 4.52 Å². The summed E-state index contributed by atoms with van der Waals surface area (Å²) in [5, 5.41) is 37.6. The summed E-state index contributed by atoms with van der Waals surface area (Å²) >= 11 is 0. The normalized spacial score (nSPS) is 37.6. The predicted octanol–water partition coefficient (Wildman–Crippen LogP) is 2.45. The van der Waals surface area contributed by atoms with Crippen LogP contribution in [0.25, 0.3) is 0 Å². The van der Waals surface area contributed by atoms with Gasteiger partial charge in [0.25, 0.3) is 0 Å². The molecule has 1 heterocycles. The molecule has 4 aliphatic rings. The quantitative estimate of drug-likeness (QED) is 0.108. The molecule has 1 aromatic rings. The van der Waals surface area contributed by atoms with E-state index < -0.39 is 96.7 Å². The molecule has 15 heteroatoms. The number of ketones is 1. The summed E-state index contributed by atoms with van der Waals surface area (Å²) in [5.74, 6) is -4.45. The second kappa shape index (κ2) is 12.9. The Bertz CT molecular complexity index is 1550. The number of aliphatic hydroxyl groups is 3. The molecule has 10 atom stereocenters. The fourth-order valence-corrected chi connectivity index (χ4v) is 8.50. The molecule has 0 radical (unpaired) electrons. The second-order valence-corrected chi connectivity index (χ2v) is 16.2. The first-order valence-corrected chi connectivity index (χ1v) is 17.9. The van der Waals surface area contributed by atoms with Gasteiger partial charge >= 0.3 is 19.8 Å². The highest BCUT2D eigenvalue weighted by molar-refractivity contribution is 7.46. The molecule has 3 fully saturated rings. The van der Waals surface area contributed by atoms with Crippen molar-refractivity contribution in [3.63, 3.8) is 0 Å². The molecule has 1 saturated heterocycles. The van der Waals surface area contributed by atoms with E-state index in [1.807, 2.05) is 13.8 Å². The fraction of sp³-hybridized carbons (Fsp3) is 0.676. The number of phosphoric acid groups is 1. The molecule has 2 saturated carbocycles. The highest BCUT2D eigenvalue weighted by atomic mass is 31.2. The Labute approximate surface area is 285 Å². The number of ether oxygens (including phenoxy) is 4. The van der Waals surface area contributed by atoms with Gasteiger partial charge in [0.1, 0.15) is 29.5 Å². The SMILES string of the molecule is CC1=C2C(O)C(=O)[C@]3(C)C(OCOP(=O)(O)O)CC4OC[C@@]4(O)C3C(OC(=O)c3ccccc3)C(O)(CC1OC(=O)[C@H](C)C(C)C)C2(C)C. The number of carbonyl (C=O) groups excluding carboxylic acids is 3. The summed E-state index contributed by atoms with van der Waals surface area (Å²) in [6, 6.07) is 7.92. The number of rotatable bonds is 9. The number of fused-ring (bicyclic) bond motifs is 5. The second-order valence-electron chi connectivity index (χ2n) is 14.9. The van der Waals surface area contributed by atoms with E-state index in [0.717, 1.165) is 0 Å². The summed E-state index contributed by atoms with van der Waals surface area (Å²) in [4.78, 5) is 60.7. The van der Waals surface area contributed by atoms with Gasteiger partial charge in [0, 0.05) is 24.2 Å². The van der Waals surface area contributed by atoms with Gasteiger partial charge in [0.15, 0.2) is 12.6 Å². The molecule has 0 aromatic heterocycles. The van der Waals surface area contributed by atoms with Gasteiger partial charge in [-0.25, -0.2) is 9.36 Å². The van der Waals surface area contributed by atoms with Crippen molar-refractivity contribution in [2.45, 2.75) is 103 Å². The summed E-state index contributed by atoms with van der Waals surface area (Å²) in [6.07, 6.45) is -7.64. The Morgan fingerprint density at radius 1 is 1.06 bits per heavy atom. The van der Waals surface area contributed by atoms with Gasteiger partial charge < -0.3 is 44.1 Å². The zero-order valence-corrected chi connectivity index (χ0v) is 29.6. The number of carbonyl (C=O) groups is 3. The van der Waals surface area contributed by atoms with Gasteiger partial charge in [-0.1, -0.05) is 52.8 Å². The van der Waals surface area contributed by atoms with Gasteiger partial charge in [-0.15, -0.1) is 0 Å². The number of benzene rings is 1. The third-order valence-electron chi connectivity index (χ3n) is 11.7. The summed E-state index contributed by atoms with van der Waals surface area (Å²) < 4.78 is 39.7. The van der Waals surface area contributed by atoms with E-state index in [4.69, 9.17) is 18.9 Å². The molecule has 49 heavy (non-hydrogen) atoms. The van der Waals surface area contributed by atoms with E-state index >= 15 is 0 Å². The zero-order valence-electron chi connectivity index (χ0n) is 28.7. The highest BCUT2D eigenvalue weighted by Gasteiger charge is 2.76. The van der Waals surface area contributed by atoms with Crippen molar-refractivity contribution in [1.29, 1.82) is 0 Å². The third kappa shape index (κ3) is 6.13. The fourth-order valence-electron chi connectivity index (χ4n) is 8.30. The minimum Gasteiger partial charge on any atom is -0.458 e. The first kappa shape index (κ1) is 37.7. The number of phosphoric ester groups is 1. The van der Waals surface area contributed by atoms with Crippen molar-refractivity contribution in [1.82, 2.24) is 0 Å². The van der Waals surface area contributed by atoms with E-state index in [9.17, 15) is 44.1 Å². The van der Waals surface area contributed by atoms with Crippen LogP contribution in [0, 0.1) is 28.6 Å². The zero-order chi connectivity index (χ0) is 36.5. The van der Waals surface area contributed by atoms with Crippen LogP contribution in [0.2, 0.25) is 0 Å². The first-order valence-electron chi connectivity index (χ1n) is 16.4. The third-order valence-corrected chi connectivity index (χ3v) is 12.1. The average molecular weight is 711 g/mol. The van der Waals surface area contributed by atoms with Crippen molar-refractivity contribution in [2.24, 2.45) is 28.6 Å². The van der Waals surface area contributed by atoms with Crippen LogP contribution in [0.1, 0.15) is 71.7 Å². The Balaban J connectivity index is 1.74. The molecule has 0 spiro atoms. The Kier molecular flexibility index (Phi) is 9.94. The van der Waals surface area contributed by atoms with Crippen LogP contribution in [0.3, 0.4) is 0 Å². The van der Waals surface area contributed by atoms with Crippen LogP contribution in [0.5, 0.6) is 0 Å². The smallest absolute Gasteiger partial charge is 0.458 e.